The van der Waals surface area contributed by atoms with Crippen LogP contribution in [0.2, 0.25) is 0 Å². The van der Waals surface area contributed by atoms with Crippen molar-refractivity contribution < 1.29 is 19.1 Å². The van der Waals surface area contributed by atoms with Crippen molar-refractivity contribution in [1.29, 1.82) is 0 Å². The topological polar surface area (TPSA) is 52.6 Å². The number of carbonyl (C=O) groups excluding carboxylic acids is 2. The van der Waals surface area contributed by atoms with Gasteiger partial charge in [0.1, 0.15) is 11.5 Å². The van der Waals surface area contributed by atoms with E-state index in [4.69, 9.17) is 21.1 Å². The molecule has 4 nitrogen and oxygen atoms in total. The van der Waals surface area contributed by atoms with Crippen LogP contribution >= 0.6 is 11.6 Å². The first kappa shape index (κ1) is 26.5. The fraction of sp³-hybridized carbons (Fsp3) is 0.333. The highest BCUT2D eigenvalue weighted by Gasteiger charge is 2.16. The number of hydrogen-bond acceptors (Lipinski definition) is 4. The Morgan fingerprint density at radius 3 is 2.17 bits per heavy atom. The summed E-state index contributed by atoms with van der Waals surface area (Å²) in [5, 5.41) is -0.611. The number of ether oxygens (including phenoxy) is 2. The first-order valence-electron chi connectivity index (χ1n) is 12.4. The first-order valence-corrected chi connectivity index (χ1v) is 12.8. The van der Waals surface area contributed by atoms with E-state index in [1.54, 1.807) is 24.3 Å². The van der Waals surface area contributed by atoms with Gasteiger partial charge < -0.3 is 9.47 Å². The van der Waals surface area contributed by atoms with Crippen LogP contribution in [0.1, 0.15) is 79.5 Å². The molecule has 0 aliphatic heterocycles. The van der Waals surface area contributed by atoms with Gasteiger partial charge in [-0.3, -0.25) is 4.79 Å². The van der Waals surface area contributed by atoms with Gasteiger partial charge in [-0.15, -0.1) is 0 Å². The van der Waals surface area contributed by atoms with Crippen molar-refractivity contribution in [3.05, 3.63) is 83.9 Å². The van der Waals surface area contributed by atoms with Crippen LogP contribution in [0.4, 0.5) is 0 Å². The van der Waals surface area contributed by atoms with Gasteiger partial charge in [-0.05, 0) is 78.9 Å². The van der Waals surface area contributed by atoms with Crippen LogP contribution in [0.15, 0.2) is 72.8 Å². The fourth-order valence-electron chi connectivity index (χ4n) is 3.99. The lowest BCUT2D eigenvalue weighted by molar-refractivity contribution is 0.0734. The van der Waals surface area contributed by atoms with E-state index in [0.29, 0.717) is 11.1 Å². The number of unbranched alkanes of at least 4 members (excludes halogenated alkanes) is 3. The average molecular weight is 493 g/mol. The molecule has 0 bridgehead atoms. The molecule has 5 heteroatoms. The summed E-state index contributed by atoms with van der Waals surface area (Å²) in [5.41, 5.74) is 2.23. The van der Waals surface area contributed by atoms with Crippen molar-refractivity contribution in [2.24, 2.45) is 0 Å². The highest BCUT2D eigenvalue weighted by molar-refractivity contribution is 6.67. The summed E-state index contributed by atoms with van der Waals surface area (Å²) in [6, 6.07) is 21.4. The molecule has 0 fully saturated rings. The second kappa shape index (κ2) is 13.7. The Bertz CT molecular complexity index is 1090. The second-order valence-corrected chi connectivity index (χ2v) is 8.99. The third-order valence-corrected chi connectivity index (χ3v) is 6.10. The van der Waals surface area contributed by atoms with E-state index in [1.165, 1.54) is 25.3 Å². The van der Waals surface area contributed by atoms with Crippen LogP contribution < -0.4 is 9.47 Å². The highest BCUT2D eigenvalue weighted by atomic mass is 35.5. The Kier molecular flexibility index (Phi) is 10.4. The van der Waals surface area contributed by atoms with Crippen LogP contribution in [-0.4, -0.2) is 17.3 Å². The number of halogens is 1. The predicted octanol–water partition coefficient (Wildman–Crippen LogP) is 8.47. The Labute approximate surface area is 213 Å². The molecule has 0 radical (unpaired) electrons. The Morgan fingerprint density at radius 1 is 0.800 bits per heavy atom. The third kappa shape index (κ3) is 7.97. The number of esters is 1. The minimum absolute atomic E-state index is 0.180. The Morgan fingerprint density at radius 2 is 1.51 bits per heavy atom. The second-order valence-electron chi connectivity index (χ2n) is 8.64. The van der Waals surface area contributed by atoms with E-state index in [1.807, 2.05) is 42.5 Å². The maximum atomic E-state index is 12.9. The van der Waals surface area contributed by atoms with E-state index < -0.39 is 11.2 Å². The van der Waals surface area contributed by atoms with Gasteiger partial charge in [0.25, 0.3) is 5.24 Å². The number of carbonyl (C=O) groups is 2. The van der Waals surface area contributed by atoms with Gasteiger partial charge in [-0.1, -0.05) is 69.9 Å². The van der Waals surface area contributed by atoms with Crippen LogP contribution in [-0.2, 0) is 0 Å². The van der Waals surface area contributed by atoms with Crippen LogP contribution in [0, 0.1) is 0 Å². The summed E-state index contributed by atoms with van der Waals surface area (Å²) in [7, 11) is 0. The zero-order valence-corrected chi connectivity index (χ0v) is 21.2. The van der Waals surface area contributed by atoms with Gasteiger partial charge in [-0.25, -0.2) is 4.79 Å². The molecule has 3 aromatic carbocycles. The maximum Gasteiger partial charge on any atom is 0.343 e. The molecule has 35 heavy (non-hydrogen) atoms. The van der Waals surface area contributed by atoms with Gasteiger partial charge in [-0.2, -0.15) is 0 Å². The molecular formula is C30H33ClO4. The summed E-state index contributed by atoms with van der Waals surface area (Å²) in [4.78, 5) is 24.6. The lowest BCUT2D eigenvalue weighted by Crippen LogP contribution is -2.16. The van der Waals surface area contributed by atoms with Crippen molar-refractivity contribution in [3.63, 3.8) is 0 Å². The lowest BCUT2D eigenvalue weighted by atomic mass is 10.0. The number of rotatable bonds is 13. The molecule has 184 valence electrons. The molecule has 0 saturated heterocycles. The molecule has 0 amide bonds. The molecule has 1 unspecified atom stereocenters. The standard InChI is InChI=1S/C30H33ClO4/c1-3-5-6-10-14-25(11-4-2)34-26-18-15-23(16-19-26)30(33)35-28-21-24(29(31)32)17-20-27(28)22-12-8-7-9-13-22/h7-9,12-13,15-21,25H,3-6,10-11,14H2,1-2H3. The Hall–Kier alpha value is -3.11. The summed E-state index contributed by atoms with van der Waals surface area (Å²) in [6.45, 7) is 4.38. The largest absolute Gasteiger partial charge is 0.490 e. The van der Waals surface area contributed by atoms with Crippen LogP contribution in [0.5, 0.6) is 11.5 Å². The van der Waals surface area contributed by atoms with Crippen LogP contribution in [0.3, 0.4) is 0 Å². The number of benzene rings is 3. The summed E-state index contributed by atoms with van der Waals surface area (Å²) < 4.78 is 11.9. The Balaban J connectivity index is 1.72. The van der Waals surface area contributed by atoms with E-state index in [-0.39, 0.29) is 17.4 Å². The minimum Gasteiger partial charge on any atom is -0.490 e. The summed E-state index contributed by atoms with van der Waals surface area (Å²) >= 11 is 5.66. The maximum absolute atomic E-state index is 12.9. The van der Waals surface area contributed by atoms with Crippen molar-refractivity contribution >= 4 is 22.8 Å². The highest BCUT2D eigenvalue weighted by Crippen LogP contribution is 2.32. The average Bonchev–Trinajstić information content (AvgIpc) is 2.87. The van der Waals surface area contributed by atoms with Crippen molar-refractivity contribution in [1.82, 2.24) is 0 Å². The van der Waals surface area contributed by atoms with Crippen molar-refractivity contribution in [3.8, 4) is 22.6 Å². The predicted molar refractivity (Wildman–Crippen MR) is 142 cm³/mol. The van der Waals surface area contributed by atoms with Gasteiger partial charge in [0, 0.05) is 11.1 Å². The van der Waals surface area contributed by atoms with Crippen molar-refractivity contribution in [2.75, 3.05) is 0 Å². The quantitative estimate of drug-likeness (QED) is 0.104. The zero-order chi connectivity index (χ0) is 25.0. The third-order valence-electron chi connectivity index (χ3n) is 5.88. The van der Waals surface area contributed by atoms with Gasteiger partial charge in [0.05, 0.1) is 11.7 Å². The van der Waals surface area contributed by atoms with Gasteiger partial charge in [0.2, 0.25) is 0 Å². The van der Waals surface area contributed by atoms with E-state index in [9.17, 15) is 9.59 Å². The summed E-state index contributed by atoms with van der Waals surface area (Å²) in [5.74, 6) is 0.510. The molecule has 0 aliphatic carbocycles. The SMILES string of the molecule is CCCCCCC(CCC)Oc1ccc(C(=O)Oc2cc(C(=O)Cl)ccc2-c2ccccc2)cc1. The molecule has 0 N–H and O–H groups in total. The molecule has 3 rings (SSSR count). The van der Waals surface area contributed by atoms with E-state index in [2.05, 4.69) is 13.8 Å². The molecule has 0 spiro atoms. The fourth-order valence-corrected chi connectivity index (χ4v) is 4.11. The van der Waals surface area contributed by atoms with Crippen molar-refractivity contribution in [2.45, 2.75) is 64.9 Å². The van der Waals surface area contributed by atoms with E-state index in [0.717, 1.165) is 37.0 Å². The lowest BCUT2D eigenvalue weighted by Gasteiger charge is -2.19. The summed E-state index contributed by atoms with van der Waals surface area (Å²) in [6.07, 6.45) is 8.15. The smallest absolute Gasteiger partial charge is 0.343 e. The molecule has 0 aromatic heterocycles. The first-order chi connectivity index (χ1) is 17.0. The van der Waals surface area contributed by atoms with Crippen LogP contribution in [0.25, 0.3) is 11.1 Å². The van der Waals surface area contributed by atoms with E-state index >= 15 is 0 Å². The molecule has 0 heterocycles. The monoisotopic (exact) mass is 492 g/mol. The normalized spacial score (nSPS) is 11.6. The molecule has 0 saturated carbocycles. The molecule has 0 aliphatic rings. The molecular weight excluding hydrogens is 460 g/mol. The molecule has 3 aromatic rings. The minimum atomic E-state index is -0.611. The number of hydrogen-bond donors (Lipinski definition) is 0. The zero-order valence-electron chi connectivity index (χ0n) is 20.5. The molecule has 1 atom stereocenters. The van der Waals surface area contributed by atoms with Gasteiger partial charge in [0.15, 0.2) is 0 Å². The van der Waals surface area contributed by atoms with Gasteiger partial charge >= 0.3 is 5.97 Å².